The number of carbonyl (C=O) groups excluding carboxylic acids is 1. The number of ether oxygens (including phenoxy) is 1. The summed E-state index contributed by atoms with van der Waals surface area (Å²) in [6.45, 7) is 4.12. The first-order valence-electron chi connectivity index (χ1n) is 7.63. The van der Waals surface area contributed by atoms with Crippen molar-refractivity contribution < 1.29 is 9.53 Å². The molecule has 0 spiro atoms. The zero-order valence-corrected chi connectivity index (χ0v) is 13.3. The van der Waals surface area contributed by atoms with Gasteiger partial charge in [0.05, 0.1) is 18.2 Å². The van der Waals surface area contributed by atoms with Crippen molar-refractivity contribution >= 4 is 5.97 Å². The summed E-state index contributed by atoms with van der Waals surface area (Å²) in [7, 11) is 0. The van der Waals surface area contributed by atoms with Gasteiger partial charge in [-0.1, -0.05) is 42.5 Å². The third kappa shape index (κ3) is 4.41. The Labute approximate surface area is 136 Å². The molecule has 2 atom stereocenters. The molecule has 0 saturated carbocycles. The molecule has 2 rings (SSSR count). The smallest absolute Gasteiger partial charge is 0.327 e. The summed E-state index contributed by atoms with van der Waals surface area (Å²) in [6, 6.07) is 18.4. The molecule has 0 amide bonds. The van der Waals surface area contributed by atoms with Crippen LogP contribution >= 0.6 is 0 Å². The van der Waals surface area contributed by atoms with Crippen LogP contribution < -0.4 is 5.32 Å². The predicted molar refractivity (Wildman–Crippen MR) is 88.5 cm³/mol. The number of nitriles is 1. The molecule has 0 aromatic heterocycles. The molecule has 0 bridgehead atoms. The molecule has 0 aliphatic heterocycles. The Kier molecular flexibility index (Phi) is 5.90. The van der Waals surface area contributed by atoms with Crippen LogP contribution in [0.1, 0.15) is 42.6 Å². The zero-order valence-electron chi connectivity index (χ0n) is 13.3. The van der Waals surface area contributed by atoms with E-state index in [9.17, 15) is 4.79 Å². The summed E-state index contributed by atoms with van der Waals surface area (Å²) >= 11 is 0. The van der Waals surface area contributed by atoms with E-state index >= 15 is 0 Å². The van der Waals surface area contributed by atoms with Crippen molar-refractivity contribution in [2.45, 2.75) is 25.9 Å². The van der Waals surface area contributed by atoms with Crippen LogP contribution in [-0.4, -0.2) is 12.6 Å². The lowest BCUT2D eigenvalue weighted by Gasteiger charge is -2.22. The fourth-order valence-corrected chi connectivity index (χ4v) is 2.36. The van der Waals surface area contributed by atoms with Crippen LogP contribution in [0.3, 0.4) is 0 Å². The second-order valence-corrected chi connectivity index (χ2v) is 5.22. The van der Waals surface area contributed by atoms with Gasteiger partial charge in [-0.25, -0.2) is 4.79 Å². The van der Waals surface area contributed by atoms with Gasteiger partial charge in [0.15, 0.2) is 0 Å². The average molecular weight is 308 g/mol. The van der Waals surface area contributed by atoms with Crippen LogP contribution in [0, 0.1) is 11.3 Å². The first kappa shape index (κ1) is 16.7. The van der Waals surface area contributed by atoms with Crippen LogP contribution in [0.15, 0.2) is 54.6 Å². The van der Waals surface area contributed by atoms with Gasteiger partial charge in [0, 0.05) is 6.04 Å². The van der Waals surface area contributed by atoms with E-state index in [1.165, 1.54) is 0 Å². The molecule has 0 aliphatic carbocycles. The molecule has 0 heterocycles. The number of esters is 1. The van der Waals surface area contributed by atoms with Gasteiger partial charge < -0.3 is 4.74 Å². The second kappa shape index (κ2) is 8.11. The molecular weight excluding hydrogens is 288 g/mol. The number of benzene rings is 2. The second-order valence-electron chi connectivity index (χ2n) is 5.22. The molecule has 0 aliphatic rings. The fraction of sp³-hybridized carbons (Fsp3) is 0.263. The number of rotatable bonds is 6. The standard InChI is InChI=1S/C19H20N2O2/c1-3-23-19(22)18(17-7-5-4-6-8-17)21-14(2)16-11-9-15(13-20)10-12-16/h4-12,14,18,21H,3H2,1-2H3. The van der Waals surface area contributed by atoms with E-state index in [2.05, 4.69) is 11.4 Å². The van der Waals surface area contributed by atoms with Gasteiger partial charge in [-0.3, -0.25) is 5.32 Å². The summed E-state index contributed by atoms with van der Waals surface area (Å²) in [4.78, 5) is 12.3. The molecule has 4 nitrogen and oxygen atoms in total. The largest absolute Gasteiger partial charge is 0.465 e. The van der Waals surface area contributed by atoms with E-state index in [1.807, 2.05) is 49.4 Å². The van der Waals surface area contributed by atoms with E-state index in [4.69, 9.17) is 10.00 Å². The van der Waals surface area contributed by atoms with Crippen LogP contribution in [-0.2, 0) is 9.53 Å². The number of nitrogens with one attached hydrogen (secondary N) is 1. The Balaban J connectivity index is 2.19. The highest BCUT2D eigenvalue weighted by Crippen LogP contribution is 2.21. The Morgan fingerprint density at radius 3 is 2.35 bits per heavy atom. The van der Waals surface area contributed by atoms with Crippen LogP contribution in [0.5, 0.6) is 0 Å². The van der Waals surface area contributed by atoms with Gasteiger partial charge in [-0.15, -0.1) is 0 Å². The van der Waals surface area contributed by atoms with Crippen LogP contribution in [0.25, 0.3) is 0 Å². The molecule has 4 heteroatoms. The average Bonchev–Trinajstić information content (AvgIpc) is 2.60. The van der Waals surface area contributed by atoms with Crippen molar-refractivity contribution in [1.82, 2.24) is 5.32 Å². The summed E-state index contributed by atoms with van der Waals surface area (Å²) < 4.78 is 5.19. The summed E-state index contributed by atoms with van der Waals surface area (Å²) in [5.41, 5.74) is 2.49. The Bertz CT molecular complexity index is 675. The lowest BCUT2D eigenvalue weighted by molar-refractivity contribution is -0.146. The maximum atomic E-state index is 12.3. The molecule has 1 N–H and O–H groups in total. The Morgan fingerprint density at radius 1 is 1.13 bits per heavy atom. The summed E-state index contributed by atoms with van der Waals surface area (Å²) in [5, 5.41) is 12.2. The van der Waals surface area contributed by atoms with E-state index in [-0.39, 0.29) is 12.0 Å². The summed E-state index contributed by atoms with van der Waals surface area (Å²) in [5.74, 6) is -0.292. The third-order valence-corrected chi connectivity index (χ3v) is 3.61. The quantitative estimate of drug-likeness (QED) is 0.829. The molecular formula is C19H20N2O2. The molecule has 2 aromatic rings. The van der Waals surface area contributed by atoms with Crippen molar-refractivity contribution in [3.8, 4) is 6.07 Å². The summed E-state index contributed by atoms with van der Waals surface area (Å²) in [6.07, 6.45) is 0. The molecule has 0 fully saturated rings. The number of hydrogen-bond donors (Lipinski definition) is 1. The predicted octanol–water partition coefficient (Wildman–Crippen LogP) is 3.51. The van der Waals surface area contributed by atoms with Crippen LogP contribution in [0.4, 0.5) is 0 Å². The first-order valence-corrected chi connectivity index (χ1v) is 7.63. The fourth-order valence-electron chi connectivity index (χ4n) is 2.36. The minimum absolute atomic E-state index is 0.0580. The minimum atomic E-state index is -0.526. The number of nitrogens with zero attached hydrogens (tertiary/aromatic N) is 1. The number of carbonyl (C=O) groups is 1. The molecule has 23 heavy (non-hydrogen) atoms. The van der Waals surface area contributed by atoms with E-state index < -0.39 is 6.04 Å². The van der Waals surface area contributed by atoms with Gasteiger partial charge >= 0.3 is 5.97 Å². The first-order chi connectivity index (χ1) is 11.2. The molecule has 2 unspecified atom stereocenters. The van der Waals surface area contributed by atoms with Crippen molar-refractivity contribution in [2.24, 2.45) is 0 Å². The number of hydrogen-bond acceptors (Lipinski definition) is 4. The molecule has 118 valence electrons. The highest BCUT2D eigenvalue weighted by Gasteiger charge is 2.23. The molecule has 0 radical (unpaired) electrons. The van der Waals surface area contributed by atoms with E-state index in [0.29, 0.717) is 12.2 Å². The maximum absolute atomic E-state index is 12.3. The Morgan fingerprint density at radius 2 is 1.78 bits per heavy atom. The monoisotopic (exact) mass is 308 g/mol. The van der Waals surface area contributed by atoms with Gasteiger partial charge in [0.2, 0.25) is 0 Å². The lowest BCUT2D eigenvalue weighted by atomic mass is 10.0. The zero-order chi connectivity index (χ0) is 16.7. The lowest BCUT2D eigenvalue weighted by Crippen LogP contribution is -2.32. The van der Waals surface area contributed by atoms with E-state index in [1.54, 1.807) is 19.1 Å². The van der Waals surface area contributed by atoms with Gasteiger partial charge in [-0.2, -0.15) is 5.26 Å². The normalized spacial score (nSPS) is 12.9. The van der Waals surface area contributed by atoms with E-state index in [0.717, 1.165) is 11.1 Å². The Hall–Kier alpha value is -2.64. The SMILES string of the molecule is CCOC(=O)C(NC(C)c1ccc(C#N)cc1)c1ccccc1. The molecule has 2 aromatic carbocycles. The highest BCUT2D eigenvalue weighted by molar-refractivity contribution is 5.77. The van der Waals surface area contributed by atoms with Gasteiger partial charge in [0.1, 0.15) is 6.04 Å². The van der Waals surface area contributed by atoms with Crippen molar-refractivity contribution in [3.05, 3.63) is 71.3 Å². The highest BCUT2D eigenvalue weighted by atomic mass is 16.5. The third-order valence-electron chi connectivity index (χ3n) is 3.61. The topological polar surface area (TPSA) is 62.1 Å². The van der Waals surface area contributed by atoms with Crippen molar-refractivity contribution in [1.29, 1.82) is 5.26 Å². The van der Waals surface area contributed by atoms with Crippen molar-refractivity contribution in [3.63, 3.8) is 0 Å². The molecule has 0 saturated heterocycles. The minimum Gasteiger partial charge on any atom is -0.465 e. The maximum Gasteiger partial charge on any atom is 0.327 e. The van der Waals surface area contributed by atoms with Gasteiger partial charge in [0.25, 0.3) is 0 Å². The van der Waals surface area contributed by atoms with Crippen LogP contribution in [0.2, 0.25) is 0 Å². The van der Waals surface area contributed by atoms with Crippen molar-refractivity contribution in [2.75, 3.05) is 6.61 Å². The van der Waals surface area contributed by atoms with Gasteiger partial charge in [-0.05, 0) is 37.1 Å².